The van der Waals surface area contributed by atoms with Crippen LogP contribution in [0.25, 0.3) is 11.3 Å². The molecule has 0 saturated heterocycles. The Bertz CT molecular complexity index is 851. The third-order valence-corrected chi connectivity index (χ3v) is 4.02. The molecule has 0 bridgehead atoms. The molecule has 0 unspecified atom stereocenters. The molecule has 128 valence electrons. The third-order valence-electron chi connectivity index (χ3n) is 3.27. The van der Waals surface area contributed by atoms with Crippen LogP contribution in [-0.2, 0) is 0 Å². The van der Waals surface area contributed by atoms with Crippen molar-refractivity contribution in [1.82, 2.24) is 4.98 Å². The minimum absolute atomic E-state index is 0.253. The Morgan fingerprint density at radius 2 is 1.76 bits per heavy atom. The maximum atomic E-state index is 5.97. The summed E-state index contributed by atoms with van der Waals surface area (Å²) in [6.45, 7) is 6.08. The standard InChI is InChI=1S/C20H21N3OS/c1-20(2,3)24-18-12-8-7-11-16(18)13-21-23-19-22-17(14-25-19)15-9-5-4-6-10-15/h4-14H,1-3H3,(H,22,23). The highest BCUT2D eigenvalue weighted by Crippen LogP contribution is 2.25. The topological polar surface area (TPSA) is 46.5 Å². The van der Waals surface area contributed by atoms with E-state index in [-0.39, 0.29) is 5.60 Å². The van der Waals surface area contributed by atoms with E-state index in [2.05, 4.69) is 15.5 Å². The number of thiazole rings is 1. The zero-order valence-electron chi connectivity index (χ0n) is 14.6. The summed E-state index contributed by atoms with van der Waals surface area (Å²) in [5.41, 5.74) is 5.70. The maximum Gasteiger partial charge on any atom is 0.203 e. The van der Waals surface area contributed by atoms with E-state index in [0.717, 1.165) is 27.7 Å². The molecule has 0 saturated carbocycles. The fraction of sp³-hybridized carbons (Fsp3) is 0.200. The molecule has 0 fully saturated rings. The number of nitrogens with one attached hydrogen (secondary N) is 1. The van der Waals surface area contributed by atoms with Crippen molar-refractivity contribution in [3.05, 3.63) is 65.5 Å². The smallest absolute Gasteiger partial charge is 0.203 e. The van der Waals surface area contributed by atoms with Gasteiger partial charge in [0.15, 0.2) is 0 Å². The Labute approximate surface area is 152 Å². The lowest BCUT2D eigenvalue weighted by Crippen LogP contribution is -2.23. The van der Waals surface area contributed by atoms with Crippen LogP contribution in [0.2, 0.25) is 0 Å². The van der Waals surface area contributed by atoms with E-state index in [1.165, 1.54) is 11.3 Å². The molecular formula is C20H21N3OS. The molecule has 5 heteroatoms. The van der Waals surface area contributed by atoms with E-state index in [1.54, 1.807) is 6.21 Å². The molecule has 3 rings (SSSR count). The van der Waals surface area contributed by atoms with E-state index < -0.39 is 0 Å². The van der Waals surface area contributed by atoms with Gasteiger partial charge in [0.2, 0.25) is 5.13 Å². The number of para-hydroxylation sites is 1. The van der Waals surface area contributed by atoms with Crippen LogP contribution in [0.5, 0.6) is 5.75 Å². The van der Waals surface area contributed by atoms with Gasteiger partial charge in [-0.05, 0) is 32.9 Å². The minimum Gasteiger partial charge on any atom is -0.487 e. The number of anilines is 1. The summed E-state index contributed by atoms with van der Waals surface area (Å²) in [7, 11) is 0. The molecule has 1 N–H and O–H groups in total. The molecular weight excluding hydrogens is 330 g/mol. The van der Waals surface area contributed by atoms with Gasteiger partial charge in [-0.1, -0.05) is 42.5 Å². The number of hydrazone groups is 1. The first-order valence-electron chi connectivity index (χ1n) is 8.09. The second kappa shape index (κ2) is 7.49. The summed E-state index contributed by atoms with van der Waals surface area (Å²) in [6, 6.07) is 17.9. The van der Waals surface area contributed by atoms with Crippen molar-refractivity contribution in [2.45, 2.75) is 26.4 Å². The first-order chi connectivity index (χ1) is 12.0. The molecule has 0 aliphatic heterocycles. The zero-order chi connectivity index (χ0) is 17.7. The average Bonchev–Trinajstić information content (AvgIpc) is 3.05. The second-order valence-electron chi connectivity index (χ2n) is 6.53. The van der Waals surface area contributed by atoms with Crippen molar-refractivity contribution in [2.24, 2.45) is 5.10 Å². The number of ether oxygens (including phenoxy) is 1. The van der Waals surface area contributed by atoms with E-state index >= 15 is 0 Å². The van der Waals surface area contributed by atoms with Crippen molar-refractivity contribution >= 4 is 22.7 Å². The third kappa shape index (κ3) is 4.90. The van der Waals surface area contributed by atoms with Crippen molar-refractivity contribution in [3.63, 3.8) is 0 Å². The molecule has 25 heavy (non-hydrogen) atoms. The lowest BCUT2D eigenvalue weighted by atomic mass is 10.1. The van der Waals surface area contributed by atoms with Crippen molar-refractivity contribution in [1.29, 1.82) is 0 Å². The van der Waals surface area contributed by atoms with E-state index in [0.29, 0.717) is 0 Å². The summed E-state index contributed by atoms with van der Waals surface area (Å²) in [5, 5.41) is 7.07. The van der Waals surface area contributed by atoms with Crippen molar-refractivity contribution < 1.29 is 4.74 Å². The van der Waals surface area contributed by atoms with Crippen LogP contribution in [0, 0.1) is 0 Å². The number of hydrogen-bond acceptors (Lipinski definition) is 5. The fourth-order valence-corrected chi connectivity index (χ4v) is 2.90. The number of aromatic nitrogens is 1. The van der Waals surface area contributed by atoms with Gasteiger partial charge in [-0.15, -0.1) is 11.3 Å². The fourth-order valence-electron chi connectivity index (χ4n) is 2.23. The maximum absolute atomic E-state index is 5.97. The van der Waals surface area contributed by atoms with Gasteiger partial charge in [0.1, 0.15) is 11.4 Å². The van der Waals surface area contributed by atoms with Crippen LogP contribution in [0.3, 0.4) is 0 Å². The zero-order valence-corrected chi connectivity index (χ0v) is 15.4. The quantitative estimate of drug-likeness (QED) is 0.492. The minimum atomic E-state index is -0.253. The SMILES string of the molecule is CC(C)(C)Oc1ccccc1C=NNc1nc(-c2ccccc2)cs1. The van der Waals surface area contributed by atoms with Gasteiger partial charge in [-0.25, -0.2) is 4.98 Å². The molecule has 1 aromatic heterocycles. The Balaban J connectivity index is 1.69. The van der Waals surface area contributed by atoms with E-state index in [1.807, 2.05) is 80.7 Å². The normalized spacial score (nSPS) is 11.6. The first kappa shape index (κ1) is 17.2. The molecule has 0 spiro atoms. The largest absolute Gasteiger partial charge is 0.487 e. The van der Waals surface area contributed by atoms with Crippen LogP contribution in [-0.4, -0.2) is 16.8 Å². The molecule has 0 atom stereocenters. The Kier molecular flexibility index (Phi) is 5.14. The molecule has 4 nitrogen and oxygen atoms in total. The average molecular weight is 351 g/mol. The van der Waals surface area contributed by atoms with Crippen molar-refractivity contribution in [3.8, 4) is 17.0 Å². The van der Waals surface area contributed by atoms with Crippen LogP contribution in [0.15, 0.2) is 65.1 Å². The highest BCUT2D eigenvalue weighted by Gasteiger charge is 2.13. The lowest BCUT2D eigenvalue weighted by molar-refractivity contribution is 0.130. The Morgan fingerprint density at radius 1 is 1.04 bits per heavy atom. The Hall–Kier alpha value is -2.66. The monoisotopic (exact) mass is 351 g/mol. The summed E-state index contributed by atoms with van der Waals surface area (Å²) in [4.78, 5) is 4.56. The van der Waals surface area contributed by atoms with Gasteiger partial charge in [-0.2, -0.15) is 5.10 Å². The highest BCUT2D eigenvalue weighted by molar-refractivity contribution is 7.14. The summed E-state index contributed by atoms with van der Waals surface area (Å²) >= 11 is 1.53. The molecule has 2 aromatic carbocycles. The number of rotatable bonds is 5. The van der Waals surface area contributed by atoms with Crippen LogP contribution >= 0.6 is 11.3 Å². The molecule has 0 aliphatic carbocycles. The molecule has 3 aromatic rings. The Morgan fingerprint density at radius 3 is 2.52 bits per heavy atom. The first-order valence-corrected chi connectivity index (χ1v) is 8.97. The predicted octanol–water partition coefficient (Wildman–Crippen LogP) is 5.43. The molecule has 0 amide bonds. The predicted molar refractivity (Wildman–Crippen MR) is 106 cm³/mol. The van der Waals surface area contributed by atoms with Gasteiger partial charge in [-0.3, -0.25) is 5.43 Å². The van der Waals surface area contributed by atoms with Gasteiger partial charge >= 0.3 is 0 Å². The second-order valence-corrected chi connectivity index (χ2v) is 7.38. The summed E-state index contributed by atoms with van der Waals surface area (Å²) < 4.78 is 5.97. The molecule has 1 heterocycles. The number of hydrogen-bond donors (Lipinski definition) is 1. The van der Waals surface area contributed by atoms with Crippen molar-refractivity contribution in [2.75, 3.05) is 5.43 Å². The van der Waals surface area contributed by atoms with E-state index in [9.17, 15) is 0 Å². The van der Waals surface area contributed by atoms with Gasteiger partial charge < -0.3 is 4.74 Å². The molecule has 0 radical (unpaired) electrons. The van der Waals surface area contributed by atoms with Crippen LogP contribution < -0.4 is 10.2 Å². The van der Waals surface area contributed by atoms with Gasteiger partial charge in [0, 0.05) is 16.5 Å². The number of benzene rings is 2. The number of nitrogens with zero attached hydrogens (tertiary/aromatic N) is 2. The summed E-state index contributed by atoms with van der Waals surface area (Å²) in [5.74, 6) is 0.810. The summed E-state index contributed by atoms with van der Waals surface area (Å²) in [6.07, 6.45) is 1.75. The molecule has 0 aliphatic rings. The highest BCUT2D eigenvalue weighted by atomic mass is 32.1. The van der Waals surface area contributed by atoms with E-state index in [4.69, 9.17) is 4.74 Å². The van der Waals surface area contributed by atoms with Gasteiger partial charge in [0.25, 0.3) is 0 Å². The van der Waals surface area contributed by atoms with Crippen LogP contribution in [0.1, 0.15) is 26.3 Å². The van der Waals surface area contributed by atoms with Crippen LogP contribution in [0.4, 0.5) is 5.13 Å². The van der Waals surface area contributed by atoms with Gasteiger partial charge in [0.05, 0.1) is 11.9 Å². The lowest BCUT2D eigenvalue weighted by Gasteiger charge is -2.22.